The fourth-order valence-corrected chi connectivity index (χ4v) is 3.63. The molecule has 0 bridgehead atoms. The summed E-state index contributed by atoms with van der Waals surface area (Å²) in [6.45, 7) is 4.24. The predicted octanol–water partition coefficient (Wildman–Crippen LogP) is 2.59. The van der Waals surface area contributed by atoms with Crippen molar-refractivity contribution in [2.24, 2.45) is 0 Å². The summed E-state index contributed by atoms with van der Waals surface area (Å²) in [7, 11) is 0. The minimum atomic E-state index is -0.00500. The first-order chi connectivity index (χ1) is 10.2. The van der Waals surface area contributed by atoms with Gasteiger partial charge >= 0.3 is 0 Å². The largest absolute Gasteiger partial charge is 0.339 e. The van der Waals surface area contributed by atoms with Crippen LogP contribution in [0.25, 0.3) is 0 Å². The van der Waals surface area contributed by atoms with Gasteiger partial charge in [-0.2, -0.15) is 4.98 Å². The highest BCUT2D eigenvalue weighted by atomic mass is 16.5. The summed E-state index contributed by atoms with van der Waals surface area (Å²) in [6, 6.07) is 8.64. The molecule has 1 N–H and O–H groups in total. The van der Waals surface area contributed by atoms with Crippen LogP contribution in [0, 0.1) is 0 Å². The van der Waals surface area contributed by atoms with Crippen molar-refractivity contribution >= 4 is 0 Å². The standard InChI is InChI=1S/C17H21N3O/c1-17(7-4-8-18-11-17)16-19-15(20-21-16)14-9-12-5-2-3-6-13(12)10-14/h2-3,5-6,14,18H,4,7-11H2,1H3. The first-order valence-electron chi connectivity index (χ1n) is 7.86. The van der Waals surface area contributed by atoms with Crippen LogP contribution in [0.2, 0.25) is 0 Å². The van der Waals surface area contributed by atoms with Crippen LogP contribution in [0.1, 0.15) is 48.5 Å². The Bertz CT molecular complexity index is 618. The topological polar surface area (TPSA) is 51.0 Å². The van der Waals surface area contributed by atoms with Crippen molar-refractivity contribution in [3.05, 3.63) is 47.1 Å². The third-order valence-corrected chi connectivity index (χ3v) is 4.97. The zero-order valence-corrected chi connectivity index (χ0v) is 12.4. The summed E-state index contributed by atoms with van der Waals surface area (Å²) in [6.07, 6.45) is 4.35. The number of nitrogens with one attached hydrogen (secondary N) is 1. The van der Waals surface area contributed by atoms with Crippen molar-refractivity contribution < 1.29 is 4.52 Å². The maximum atomic E-state index is 5.62. The number of benzene rings is 1. The van der Waals surface area contributed by atoms with E-state index < -0.39 is 0 Å². The van der Waals surface area contributed by atoms with Gasteiger partial charge in [0.2, 0.25) is 5.89 Å². The number of aromatic nitrogens is 2. The average Bonchev–Trinajstić information content (AvgIpc) is 3.15. The molecule has 4 nitrogen and oxygen atoms in total. The van der Waals surface area contributed by atoms with Crippen LogP contribution in [0.4, 0.5) is 0 Å². The first-order valence-corrected chi connectivity index (χ1v) is 7.86. The number of rotatable bonds is 2. The van der Waals surface area contributed by atoms with Gasteiger partial charge in [-0.15, -0.1) is 0 Å². The summed E-state index contributed by atoms with van der Waals surface area (Å²) in [5.74, 6) is 2.06. The molecule has 110 valence electrons. The van der Waals surface area contributed by atoms with E-state index in [1.807, 2.05) is 0 Å². The molecular weight excluding hydrogens is 262 g/mol. The molecule has 1 atom stereocenters. The van der Waals surface area contributed by atoms with Crippen molar-refractivity contribution in [2.75, 3.05) is 13.1 Å². The smallest absolute Gasteiger partial charge is 0.233 e. The molecule has 0 saturated carbocycles. The van der Waals surface area contributed by atoms with Gasteiger partial charge in [-0.05, 0) is 50.3 Å². The summed E-state index contributed by atoms with van der Waals surface area (Å²) < 4.78 is 5.62. The van der Waals surface area contributed by atoms with E-state index in [9.17, 15) is 0 Å². The van der Waals surface area contributed by atoms with E-state index in [2.05, 4.69) is 41.7 Å². The Morgan fingerprint density at radius 1 is 1.24 bits per heavy atom. The summed E-state index contributed by atoms with van der Waals surface area (Å²) in [5, 5.41) is 7.73. The Balaban J connectivity index is 1.56. The van der Waals surface area contributed by atoms with Crippen LogP contribution in [-0.4, -0.2) is 23.2 Å². The molecule has 21 heavy (non-hydrogen) atoms. The highest BCUT2D eigenvalue weighted by Crippen LogP contribution is 2.35. The second-order valence-electron chi connectivity index (χ2n) is 6.67. The van der Waals surface area contributed by atoms with Crippen LogP contribution in [-0.2, 0) is 18.3 Å². The SMILES string of the molecule is CC1(c2nc(C3Cc4ccccc4C3)no2)CCCNC1. The van der Waals surface area contributed by atoms with Gasteiger partial charge < -0.3 is 9.84 Å². The van der Waals surface area contributed by atoms with E-state index in [0.717, 1.165) is 44.1 Å². The van der Waals surface area contributed by atoms with Crippen molar-refractivity contribution in [3.8, 4) is 0 Å². The number of hydrogen-bond acceptors (Lipinski definition) is 4. The summed E-state index contributed by atoms with van der Waals surface area (Å²) >= 11 is 0. The maximum absolute atomic E-state index is 5.62. The molecule has 1 unspecified atom stereocenters. The minimum Gasteiger partial charge on any atom is -0.339 e. The fourth-order valence-electron chi connectivity index (χ4n) is 3.63. The highest BCUT2D eigenvalue weighted by Gasteiger charge is 2.36. The molecule has 1 aliphatic carbocycles. The van der Waals surface area contributed by atoms with Gasteiger partial charge in [0.1, 0.15) is 0 Å². The van der Waals surface area contributed by atoms with Gasteiger partial charge in [-0.25, -0.2) is 0 Å². The predicted molar refractivity (Wildman–Crippen MR) is 80.3 cm³/mol. The molecule has 2 heterocycles. The van der Waals surface area contributed by atoms with E-state index in [-0.39, 0.29) is 5.41 Å². The van der Waals surface area contributed by atoms with Gasteiger partial charge in [-0.3, -0.25) is 0 Å². The molecule has 4 heteroatoms. The third kappa shape index (κ3) is 2.27. The van der Waals surface area contributed by atoms with Crippen molar-refractivity contribution in [3.63, 3.8) is 0 Å². The molecule has 1 aromatic heterocycles. The van der Waals surface area contributed by atoms with E-state index in [0.29, 0.717) is 5.92 Å². The van der Waals surface area contributed by atoms with Crippen LogP contribution in [0.3, 0.4) is 0 Å². The molecule has 1 saturated heterocycles. The first kappa shape index (κ1) is 13.0. The van der Waals surface area contributed by atoms with Crippen LogP contribution in [0.5, 0.6) is 0 Å². The molecule has 1 aromatic carbocycles. The van der Waals surface area contributed by atoms with E-state index in [1.165, 1.54) is 17.5 Å². The molecule has 1 aliphatic heterocycles. The number of piperidine rings is 1. The monoisotopic (exact) mass is 283 g/mol. The van der Waals surface area contributed by atoms with Crippen molar-refractivity contribution in [2.45, 2.75) is 43.9 Å². The third-order valence-electron chi connectivity index (χ3n) is 4.97. The lowest BCUT2D eigenvalue weighted by molar-refractivity contribution is 0.244. The zero-order chi connectivity index (χ0) is 14.3. The Labute approximate surface area is 124 Å². The molecule has 1 fully saturated rings. The molecule has 4 rings (SSSR count). The van der Waals surface area contributed by atoms with E-state index in [4.69, 9.17) is 9.51 Å². The summed E-state index contributed by atoms with van der Waals surface area (Å²) in [5.41, 5.74) is 2.85. The van der Waals surface area contributed by atoms with E-state index in [1.54, 1.807) is 0 Å². The molecule has 2 aromatic rings. The highest BCUT2D eigenvalue weighted by molar-refractivity contribution is 5.35. The van der Waals surface area contributed by atoms with Gasteiger partial charge in [-0.1, -0.05) is 29.4 Å². The van der Waals surface area contributed by atoms with Crippen molar-refractivity contribution in [1.29, 1.82) is 0 Å². The maximum Gasteiger partial charge on any atom is 0.233 e. The molecule has 0 radical (unpaired) electrons. The molecule has 0 amide bonds. The second kappa shape index (κ2) is 4.95. The second-order valence-corrected chi connectivity index (χ2v) is 6.67. The lowest BCUT2D eigenvalue weighted by Gasteiger charge is -2.30. The Hall–Kier alpha value is -1.68. The fraction of sp³-hybridized carbons (Fsp3) is 0.529. The molecular formula is C17H21N3O. The Morgan fingerprint density at radius 3 is 2.67 bits per heavy atom. The molecule has 2 aliphatic rings. The van der Waals surface area contributed by atoms with E-state index >= 15 is 0 Å². The van der Waals surface area contributed by atoms with Gasteiger partial charge in [0, 0.05) is 12.5 Å². The number of hydrogen-bond donors (Lipinski definition) is 1. The Morgan fingerprint density at radius 2 is 2.00 bits per heavy atom. The number of nitrogens with zero attached hydrogens (tertiary/aromatic N) is 2. The van der Waals surface area contributed by atoms with Gasteiger partial charge in [0.05, 0.1) is 5.41 Å². The van der Waals surface area contributed by atoms with Crippen LogP contribution < -0.4 is 5.32 Å². The van der Waals surface area contributed by atoms with Crippen LogP contribution >= 0.6 is 0 Å². The number of fused-ring (bicyclic) bond motifs is 1. The average molecular weight is 283 g/mol. The molecule has 0 spiro atoms. The van der Waals surface area contributed by atoms with Crippen LogP contribution in [0.15, 0.2) is 28.8 Å². The normalized spacial score (nSPS) is 26.0. The van der Waals surface area contributed by atoms with Gasteiger partial charge in [0.25, 0.3) is 0 Å². The summed E-state index contributed by atoms with van der Waals surface area (Å²) in [4.78, 5) is 4.75. The Kier molecular flexibility index (Phi) is 3.07. The minimum absolute atomic E-state index is 0.00500. The lowest BCUT2D eigenvalue weighted by atomic mass is 9.83. The van der Waals surface area contributed by atoms with Crippen molar-refractivity contribution in [1.82, 2.24) is 15.5 Å². The quantitative estimate of drug-likeness (QED) is 0.920. The lowest BCUT2D eigenvalue weighted by Crippen LogP contribution is -2.41. The van der Waals surface area contributed by atoms with Gasteiger partial charge in [0.15, 0.2) is 5.82 Å². The zero-order valence-electron chi connectivity index (χ0n) is 12.4.